The molecule has 1 aromatic heterocycles. The van der Waals surface area contributed by atoms with Crippen LogP contribution >= 0.6 is 0 Å². The number of carbonyl (C=O) groups is 2. The first-order valence-corrected chi connectivity index (χ1v) is 7.33. The molecule has 2 N–H and O–H groups in total. The fraction of sp³-hybridized carbons (Fsp3) is 0.533. The van der Waals surface area contributed by atoms with E-state index in [0.717, 1.165) is 12.2 Å². The molecule has 2 heterocycles. The third-order valence-electron chi connectivity index (χ3n) is 3.37. The molecule has 0 atom stereocenters. The second kappa shape index (κ2) is 6.56. The molecule has 2 rings (SSSR count). The maximum atomic E-state index is 12.6. The van der Waals surface area contributed by atoms with Crippen LogP contribution in [0.5, 0.6) is 0 Å². The normalized spacial score (nSPS) is 15.0. The average molecular weight is 290 g/mol. The molecule has 21 heavy (non-hydrogen) atoms. The van der Waals surface area contributed by atoms with E-state index in [9.17, 15) is 9.59 Å². The maximum absolute atomic E-state index is 12.6. The van der Waals surface area contributed by atoms with E-state index in [-0.39, 0.29) is 24.3 Å². The molecule has 1 saturated heterocycles. The van der Waals surface area contributed by atoms with Crippen LogP contribution in [0, 0.1) is 0 Å². The van der Waals surface area contributed by atoms with Crippen molar-refractivity contribution >= 4 is 17.6 Å². The van der Waals surface area contributed by atoms with Gasteiger partial charge < -0.3 is 15.5 Å². The number of nitrogens with one attached hydrogen (secondary N) is 2. The summed E-state index contributed by atoms with van der Waals surface area (Å²) in [6.45, 7) is 7.98. The number of hydrogen-bond donors (Lipinski definition) is 2. The van der Waals surface area contributed by atoms with Crippen LogP contribution in [0.3, 0.4) is 0 Å². The highest BCUT2D eigenvalue weighted by molar-refractivity contribution is 5.97. The van der Waals surface area contributed by atoms with Gasteiger partial charge in [0.15, 0.2) is 0 Å². The van der Waals surface area contributed by atoms with Gasteiger partial charge in [-0.25, -0.2) is 4.98 Å². The van der Waals surface area contributed by atoms with Crippen LogP contribution < -0.4 is 10.6 Å². The molecule has 114 valence electrons. The molecule has 0 unspecified atom stereocenters. The van der Waals surface area contributed by atoms with E-state index >= 15 is 0 Å². The topological polar surface area (TPSA) is 74.3 Å². The van der Waals surface area contributed by atoms with E-state index in [1.807, 2.05) is 26.8 Å². The van der Waals surface area contributed by atoms with E-state index < -0.39 is 0 Å². The minimum atomic E-state index is -0.117. The first-order chi connectivity index (χ1) is 10.0. The average Bonchev–Trinajstić information content (AvgIpc) is 2.46. The molecule has 0 bridgehead atoms. The van der Waals surface area contributed by atoms with Crippen LogP contribution in [-0.4, -0.2) is 47.9 Å². The molecule has 1 aliphatic rings. The molecule has 0 spiro atoms. The van der Waals surface area contributed by atoms with Crippen molar-refractivity contribution in [1.29, 1.82) is 0 Å². The molecule has 1 aromatic rings. The second-order valence-electron chi connectivity index (χ2n) is 5.43. The van der Waals surface area contributed by atoms with Gasteiger partial charge in [-0.1, -0.05) is 13.8 Å². The Balaban J connectivity index is 2.28. The highest BCUT2D eigenvalue weighted by atomic mass is 16.2. The minimum absolute atomic E-state index is 0.111. The van der Waals surface area contributed by atoms with Gasteiger partial charge in [0, 0.05) is 30.9 Å². The monoisotopic (exact) mass is 290 g/mol. The lowest BCUT2D eigenvalue weighted by atomic mass is 10.1. The largest absolute Gasteiger partial charge is 0.370 e. The summed E-state index contributed by atoms with van der Waals surface area (Å²) < 4.78 is 0. The van der Waals surface area contributed by atoms with Crippen molar-refractivity contribution in [3.63, 3.8) is 0 Å². The molecular weight excluding hydrogens is 268 g/mol. The van der Waals surface area contributed by atoms with E-state index in [1.54, 1.807) is 11.0 Å². The molecule has 0 radical (unpaired) electrons. The summed E-state index contributed by atoms with van der Waals surface area (Å²) in [4.78, 5) is 30.1. The zero-order valence-electron chi connectivity index (χ0n) is 12.8. The molecule has 0 aromatic carbocycles. The highest BCUT2D eigenvalue weighted by Gasteiger charge is 2.23. The quantitative estimate of drug-likeness (QED) is 0.874. The van der Waals surface area contributed by atoms with E-state index in [1.165, 1.54) is 0 Å². The van der Waals surface area contributed by atoms with Crippen LogP contribution in [0.2, 0.25) is 0 Å². The van der Waals surface area contributed by atoms with E-state index in [2.05, 4.69) is 15.6 Å². The molecule has 0 aliphatic carbocycles. The standard InChI is InChI=1S/C15H22N4O2/c1-4-16-13-8-11(7-12(18-13)10(2)3)15(21)19-6-5-17-14(20)9-19/h7-8,10H,4-6,9H2,1-3H3,(H,16,18)(H,17,20). The van der Waals surface area contributed by atoms with Crippen LogP contribution in [0.4, 0.5) is 5.82 Å². The van der Waals surface area contributed by atoms with Crippen molar-refractivity contribution < 1.29 is 9.59 Å². The minimum Gasteiger partial charge on any atom is -0.370 e. The van der Waals surface area contributed by atoms with Crippen molar-refractivity contribution in [3.05, 3.63) is 23.4 Å². The number of hydrogen-bond acceptors (Lipinski definition) is 4. The second-order valence-corrected chi connectivity index (χ2v) is 5.43. The lowest BCUT2D eigenvalue weighted by Crippen LogP contribution is -2.50. The smallest absolute Gasteiger partial charge is 0.254 e. The van der Waals surface area contributed by atoms with Gasteiger partial charge in [0.05, 0.1) is 6.54 Å². The van der Waals surface area contributed by atoms with Gasteiger partial charge in [-0.15, -0.1) is 0 Å². The van der Waals surface area contributed by atoms with Crippen LogP contribution in [0.15, 0.2) is 12.1 Å². The summed E-state index contributed by atoms with van der Waals surface area (Å²) in [7, 11) is 0. The molecular formula is C15H22N4O2. The number of amides is 2. The zero-order valence-corrected chi connectivity index (χ0v) is 12.8. The van der Waals surface area contributed by atoms with Crippen LogP contribution in [0.1, 0.15) is 42.7 Å². The van der Waals surface area contributed by atoms with Gasteiger partial charge in [-0.2, -0.15) is 0 Å². The third-order valence-corrected chi connectivity index (χ3v) is 3.37. The number of carbonyl (C=O) groups excluding carboxylic acids is 2. The van der Waals surface area contributed by atoms with Crippen LogP contribution in [-0.2, 0) is 4.79 Å². The van der Waals surface area contributed by atoms with Crippen LogP contribution in [0.25, 0.3) is 0 Å². The molecule has 0 saturated carbocycles. The number of piperazine rings is 1. The fourth-order valence-corrected chi connectivity index (χ4v) is 2.24. The van der Waals surface area contributed by atoms with Gasteiger partial charge in [0.25, 0.3) is 5.91 Å². The summed E-state index contributed by atoms with van der Waals surface area (Å²) in [5.41, 5.74) is 1.46. The molecule has 6 heteroatoms. The lowest BCUT2D eigenvalue weighted by molar-refractivity contribution is -0.123. The van der Waals surface area contributed by atoms with Gasteiger partial charge in [-0.05, 0) is 25.0 Å². The molecule has 1 fully saturated rings. The van der Waals surface area contributed by atoms with E-state index in [4.69, 9.17) is 0 Å². The SMILES string of the molecule is CCNc1cc(C(=O)N2CCNC(=O)C2)cc(C(C)C)n1. The van der Waals surface area contributed by atoms with Gasteiger partial charge in [0.1, 0.15) is 5.82 Å². The Labute approximate surface area is 124 Å². The Bertz CT molecular complexity index is 542. The van der Waals surface area contributed by atoms with Crippen molar-refractivity contribution in [2.45, 2.75) is 26.7 Å². The van der Waals surface area contributed by atoms with Crippen molar-refractivity contribution in [2.75, 3.05) is 31.5 Å². The zero-order chi connectivity index (χ0) is 15.4. The summed E-state index contributed by atoms with van der Waals surface area (Å²) in [6.07, 6.45) is 0. The van der Waals surface area contributed by atoms with Gasteiger partial charge in [0.2, 0.25) is 5.91 Å². The van der Waals surface area contributed by atoms with Crippen molar-refractivity contribution in [3.8, 4) is 0 Å². The highest BCUT2D eigenvalue weighted by Crippen LogP contribution is 2.19. The molecule has 1 aliphatic heterocycles. The van der Waals surface area contributed by atoms with Crippen molar-refractivity contribution in [2.24, 2.45) is 0 Å². The first-order valence-electron chi connectivity index (χ1n) is 7.33. The summed E-state index contributed by atoms with van der Waals surface area (Å²) >= 11 is 0. The summed E-state index contributed by atoms with van der Waals surface area (Å²) in [6, 6.07) is 3.57. The number of anilines is 1. The third kappa shape index (κ3) is 3.71. The Morgan fingerprint density at radius 1 is 1.48 bits per heavy atom. The Hall–Kier alpha value is -2.11. The van der Waals surface area contributed by atoms with Crippen molar-refractivity contribution in [1.82, 2.24) is 15.2 Å². The predicted octanol–water partition coefficient (Wildman–Crippen LogP) is 1.21. The number of aromatic nitrogens is 1. The number of nitrogens with zero attached hydrogens (tertiary/aromatic N) is 2. The first kappa shape index (κ1) is 15.3. The fourth-order valence-electron chi connectivity index (χ4n) is 2.24. The Morgan fingerprint density at radius 2 is 2.24 bits per heavy atom. The summed E-state index contributed by atoms with van der Waals surface area (Å²) in [5, 5.41) is 5.87. The van der Waals surface area contributed by atoms with E-state index in [0.29, 0.717) is 24.5 Å². The number of rotatable bonds is 4. The number of pyridine rings is 1. The Kier molecular flexibility index (Phi) is 4.77. The molecule has 2 amide bonds. The van der Waals surface area contributed by atoms with Gasteiger partial charge >= 0.3 is 0 Å². The molecule has 6 nitrogen and oxygen atoms in total. The lowest BCUT2D eigenvalue weighted by Gasteiger charge is -2.27. The summed E-state index contributed by atoms with van der Waals surface area (Å²) in [5.74, 6) is 0.710. The Morgan fingerprint density at radius 3 is 2.86 bits per heavy atom. The predicted molar refractivity (Wildman–Crippen MR) is 81.4 cm³/mol. The maximum Gasteiger partial charge on any atom is 0.254 e. The van der Waals surface area contributed by atoms with Gasteiger partial charge in [-0.3, -0.25) is 9.59 Å².